The van der Waals surface area contributed by atoms with Gasteiger partial charge in [-0.05, 0) is 40.2 Å². The van der Waals surface area contributed by atoms with Crippen LogP contribution >= 0.6 is 0 Å². The Morgan fingerprint density at radius 1 is 1.59 bits per heavy atom. The van der Waals surface area contributed by atoms with Gasteiger partial charge >= 0.3 is 0 Å². The molecular formula is C13H25N3O. The molecule has 4 heteroatoms. The molecule has 0 heterocycles. The monoisotopic (exact) mass is 239 g/mol. The molecule has 2 atom stereocenters. The zero-order chi connectivity index (χ0) is 12.9. The highest BCUT2D eigenvalue weighted by molar-refractivity contribution is 5.05. The van der Waals surface area contributed by atoms with E-state index in [9.17, 15) is 5.26 Å². The van der Waals surface area contributed by atoms with Crippen LogP contribution in [0.1, 0.15) is 33.1 Å². The highest BCUT2D eigenvalue weighted by atomic mass is 16.5. The summed E-state index contributed by atoms with van der Waals surface area (Å²) < 4.78 is 5.16. The average Bonchev–Trinajstić information content (AvgIpc) is 3.14. The van der Waals surface area contributed by atoms with Crippen molar-refractivity contribution in [1.82, 2.24) is 10.2 Å². The van der Waals surface area contributed by atoms with Crippen LogP contribution in [0.3, 0.4) is 0 Å². The zero-order valence-electron chi connectivity index (χ0n) is 11.5. The van der Waals surface area contributed by atoms with Gasteiger partial charge in [-0.15, -0.1) is 0 Å². The van der Waals surface area contributed by atoms with Crippen LogP contribution < -0.4 is 5.32 Å². The molecule has 0 spiro atoms. The molecule has 2 unspecified atom stereocenters. The summed E-state index contributed by atoms with van der Waals surface area (Å²) in [7, 11) is 3.59. The molecule has 0 aliphatic heterocycles. The topological polar surface area (TPSA) is 48.3 Å². The van der Waals surface area contributed by atoms with Crippen LogP contribution in [0.5, 0.6) is 0 Å². The summed E-state index contributed by atoms with van der Waals surface area (Å²) in [5.74, 6) is 0. The van der Waals surface area contributed by atoms with Gasteiger partial charge in [0.15, 0.2) is 0 Å². The van der Waals surface area contributed by atoms with Crippen LogP contribution in [0.2, 0.25) is 0 Å². The van der Waals surface area contributed by atoms with E-state index in [2.05, 4.69) is 23.2 Å². The largest absolute Gasteiger partial charge is 0.383 e. The summed E-state index contributed by atoms with van der Waals surface area (Å²) >= 11 is 0. The summed E-state index contributed by atoms with van der Waals surface area (Å²) in [5, 5.41) is 12.3. The maximum Gasteiger partial charge on any atom is 0.105 e. The van der Waals surface area contributed by atoms with E-state index >= 15 is 0 Å². The van der Waals surface area contributed by atoms with Crippen LogP contribution in [-0.4, -0.2) is 49.8 Å². The third kappa shape index (κ3) is 4.27. The Hall–Kier alpha value is -0.630. The van der Waals surface area contributed by atoms with E-state index in [0.29, 0.717) is 12.1 Å². The predicted molar refractivity (Wildman–Crippen MR) is 68.8 cm³/mol. The van der Waals surface area contributed by atoms with E-state index in [1.54, 1.807) is 7.11 Å². The van der Waals surface area contributed by atoms with Gasteiger partial charge in [0.05, 0.1) is 12.7 Å². The van der Waals surface area contributed by atoms with Gasteiger partial charge in [0.1, 0.15) is 5.54 Å². The van der Waals surface area contributed by atoms with Gasteiger partial charge in [0, 0.05) is 25.7 Å². The molecule has 0 bridgehead atoms. The first-order chi connectivity index (χ1) is 8.06. The molecule has 0 radical (unpaired) electrons. The second kappa shape index (κ2) is 6.34. The number of nitrogens with zero attached hydrogens (tertiary/aromatic N) is 2. The third-order valence-electron chi connectivity index (χ3n) is 3.64. The van der Waals surface area contributed by atoms with Gasteiger partial charge in [-0.2, -0.15) is 5.26 Å². The molecule has 4 nitrogen and oxygen atoms in total. The molecule has 0 aromatic carbocycles. The number of nitriles is 1. The Morgan fingerprint density at radius 3 is 2.65 bits per heavy atom. The molecule has 0 aromatic heterocycles. The quantitative estimate of drug-likeness (QED) is 0.695. The summed E-state index contributed by atoms with van der Waals surface area (Å²) in [5.41, 5.74) is -0.431. The molecule has 1 aliphatic carbocycles. The molecular weight excluding hydrogens is 214 g/mol. The highest BCUT2D eigenvalue weighted by Gasteiger charge is 2.35. The lowest BCUT2D eigenvalue weighted by Gasteiger charge is -2.33. The fourth-order valence-corrected chi connectivity index (χ4v) is 2.28. The van der Waals surface area contributed by atoms with E-state index in [-0.39, 0.29) is 0 Å². The van der Waals surface area contributed by atoms with Crippen LogP contribution in [0.25, 0.3) is 0 Å². The minimum atomic E-state index is -0.431. The molecule has 1 aliphatic rings. The van der Waals surface area contributed by atoms with Crippen LogP contribution in [0.4, 0.5) is 0 Å². The fourth-order valence-electron chi connectivity index (χ4n) is 2.28. The van der Waals surface area contributed by atoms with Crippen molar-refractivity contribution in [2.75, 3.05) is 27.3 Å². The summed E-state index contributed by atoms with van der Waals surface area (Å²) in [4.78, 5) is 2.48. The number of hydrogen-bond acceptors (Lipinski definition) is 4. The van der Waals surface area contributed by atoms with Gasteiger partial charge in [0.2, 0.25) is 0 Å². The maximum atomic E-state index is 9.19. The Labute approximate surface area is 105 Å². The standard InChI is InChI=1S/C13H25N3O/c1-11(9-13(2,10-14)15-3)16(7-8-17-4)12-5-6-12/h11-12,15H,5-9H2,1-4H3. The van der Waals surface area contributed by atoms with Crippen molar-refractivity contribution < 1.29 is 4.74 Å². The van der Waals surface area contributed by atoms with Crippen molar-refractivity contribution in [3.8, 4) is 6.07 Å². The fraction of sp³-hybridized carbons (Fsp3) is 0.923. The highest BCUT2D eigenvalue weighted by Crippen LogP contribution is 2.30. The SMILES string of the molecule is CNC(C)(C#N)CC(C)N(CCOC)C1CC1. The van der Waals surface area contributed by atoms with E-state index in [0.717, 1.165) is 19.6 Å². The lowest BCUT2D eigenvalue weighted by atomic mass is 9.94. The number of hydrogen-bond donors (Lipinski definition) is 1. The van der Waals surface area contributed by atoms with Gasteiger partial charge in [-0.1, -0.05) is 0 Å². The van der Waals surface area contributed by atoms with Crippen molar-refractivity contribution in [2.45, 2.75) is 50.7 Å². The van der Waals surface area contributed by atoms with Crippen LogP contribution in [0.15, 0.2) is 0 Å². The van der Waals surface area contributed by atoms with Crippen molar-refractivity contribution in [3.05, 3.63) is 0 Å². The van der Waals surface area contributed by atoms with E-state index < -0.39 is 5.54 Å². The molecule has 0 aromatic rings. The molecule has 17 heavy (non-hydrogen) atoms. The van der Waals surface area contributed by atoms with E-state index in [1.165, 1.54) is 12.8 Å². The number of ether oxygens (including phenoxy) is 1. The third-order valence-corrected chi connectivity index (χ3v) is 3.64. The summed E-state index contributed by atoms with van der Waals surface area (Å²) in [6.45, 7) is 5.91. The second-order valence-electron chi connectivity index (χ2n) is 5.21. The lowest BCUT2D eigenvalue weighted by Crippen LogP contribution is -2.47. The minimum Gasteiger partial charge on any atom is -0.383 e. The predicted octanol–water partition coefficient (Wildman–Crippen LogP) is 1.38. The van der Waals surface area contributed by atoms with Crippen molar-refractivity contribution >= 4 is 0 Å². The molecule has 1 N–H and O–H groups in total. The number of methoxy groups -OCH3 is 1. The normalized spacial score (nSPS) is 20.9. The Kier molecular flexibility index (Phi) is 5.38. The van der Waals surface area contributed by atoms with Crippen molar-refractivity contribution in [3.63, 3.8) is 0 Å². The minimum absolute atomic E-state index is 0.412. The molecule has 1 saturated carbocycles. The van der Waals surface area contributed by atoms with Crippen molar-refractivity contribution in [2.24, 2.45) is 0 Å². The maximum absolute atomic E-state index is 9.19. The molecule has 0 amide bonds. The van der Waals surface area contributed by atoms with Crippen LogP contribution in [-0.2, 0) is 4.74 Å². The zero-order valence-corrected chi connectivity index (χ0v) is 11.5. The summed E-state index contributed by atoms with van der Waals surface area (Å²) in [6, 6.07) is 3.48. The first-order valence-electron chi connectivity index (χ1n) is 6.41. The second-order valence-corrected chi connectivity index (χ2v) is 5.21. The van der Waals surface area contributed by atoms with Crippen molar-refractivity contribution in [1.29, 1.82) is 5.26 Å². The average molecular weight is 239 g/mol. The van der Waals surface area contributed by atoms with Gasteiger partial charge < -0.3 is 10.1 Å². The molecule has 1 rings (SSSR count). The Balaban J connectivity index is 2.52. The molecule has 0 saturated heterocycles. The lowest BCUT2D eigenvalue weighted by molar-refractivity contribution is 0.108. The first-order valence-corrected chi connectivity index (χ1v) is 6.41. The Bertz CT molecular complexity index is 272. The van der Waals surface area contributed by atoms with E-state index in [4.69, 9.17) is 4.74 Å². The van der Waals surface area contributed by atoms with Gasteiger partial charge in [0.25, 0.3) is 0 Å². The summed E-state index contributed by atoms with van der Waals surface area (Å²) in [6.07, 6.45) is 3.42. The molecule has 98 valence electrons. The van der Waals surface area contributed by atoms with E-state index in [1.807, 2.05) is 14.0 Å². The number of nitrogens with one attached hydrogen (secondary N) is 1. The molecule has 1 fully saturated rings. The number of rotatable bonds is 8. The first kappa shape index (κ1) is 14.4. The Morgan fingerprint density at radius 2 is 2.24 bits per heavy atom. The van der Waals surface area contributed by atoms with Gasteiger partial charge in [-0.25, -0.2) is 0 Å². The van der Waals surface area contributed by atoms with Gasteiger partial charge in [-0.3, -0.25) is 4.90 Å². The smallest absolute Gasteiger partial charge is 0.105 e. The van der Waals surface area contributed by atoms with Crippen LogP contribution in [0, 0.1) is 11.3 Å².